The Morgan fingerprint density at radius 3 is 2.93 bits per heavy atom. The van der Waals surface area contributed by atoms with Gasteiger partial charge in [0.15, 0.2) is 0 Å². The normalized spacial score (nSPS) is 33.9. The zero-order valence-electron chi connectivity index (χ0n) is 10.2. The van der Waals surface area contributed by atoms with Crippen LogP contribution in [0, 0.1) is 11.3 Å². The van der Waals surface area contributed by atoms with Crippen LogP contribution in [0.5, 0.6) is 0 Å². The number of hydrazone groups is 1. The molecule has 2 aliphatic rings. The van der Waals surface area contributed by atoms with Gasteiger partial charge in [-0.05, 0) is 31.6 Å². The quantitative estimate of drug-likeness (QED) is 0.754. The molecule has 2 atom stereocenters. The van der Waals surface area contributed by atoms with E-state index >= 15 is 0 Å². The van der Waals surface area contributed by atoms with Crippen LogP contribution in [0.4, 0.5) is 0 Å². The van der Waals surface area contributed by atoms with Crippen molar-refractivity contribution in [2.75, 3.05) is 13.1 Å². The smallest absolute Gasteiger partial charge is 0.0524 e. The van der Waals surface area contributed by atoms with Gasteiger partial charge in [0, 0.05) is 24.7 Å². The molecule has 2 rings (SSSR count). The second-order valence-electron chi connectivity index (χ2n) is 5.77. The Morgan fingerprint density at radius 1 is 1.53 bits per heavy atom. The lowest BCUT2D eigenvalue weighted by atomic mass is 9.70. The minimum absolute atomic E-state index is 0.452. The minimum Gasteiger partial charge on any atom is -0.329 e. The standard InChI is InChI=1S/C12H23N3/c1-9-10-4-5-12(2,3)8-11(10)14-15(9)7-6-13/h9-10H,4-8,13H2,1-3H3. The maximum atomic E-state index is 5.60. The van der Waals surface area contributed by atoms with Crippen molar-refractivity contribution in [1.29, 1.82) is 0 Å². The van der Waals surface area contributed by atoms with Gasteiger partial charge in [-0.15, -0.1) is 0 Å². The van der Waals surface area contributed by atoms with Crippen molar-refractivity contribution in [3.63, 3.8) is 0 Å². The summed E-state index contributed by atoms with van der Waals surface area (Å²) in [6.45, 7) is 8.60. The largest absolute Gasteiger partial charge is 0.329 e. The fourth-order valence-corrected chi connectivity index (χ4v) is 2.90. The molecule has 0 amide bonds. The Bertz CT molecular complexity index is 270. The van der Waals surface area contributed by atoms with Crippen molar-refractivity contribution in [2.24, 2.45) is 22.2 Å². The number of hydrogen-bond donors (Lipinski definition) is 1. The lowest BCUT2D eigenvalue weighted by Gasteiger charge is -2.34. The van der Waals surface area contributed by atoms with Crippen LogP contribution in [-0.4, -0.2) is 29.9 Å². The maximum Gasteiger partial charge on any atom is 0.0524 e. The molecule has 1 saturated carbocycles. The van der Waals surface area contributed by atoms with E-state index in [4.69, 9.17) is 10.8 Å². The summed E-state index contributed by atoms with van der Waals surface area (Å²) in [5, 5.41) is 6.94. The molecule has 1 aliphatic heterocycles. The van der Waals surface area contributed by atoms with Crippen LogP contribution in [0.2, 0.25) is 0 Å². The minimum atomic E-state index is 0.452. The lowest BCUT2D eigenvalue weighted by molar-refractivity contribution is 0.200. The van der Waals surface area contributed by atoms with Crippen LogP contribution in [0.1, 0.15) is 40.0 Å². The van der Waals surface area contributed by atoms with Crippen LogP contribution in [0.15, 0.2) is 5.10 Å². The van der Waals surface area contributed by atoms with E-state index in [1.807, 2.05) is 0 Å². The lowest BCUT2D eigenvalue weighted by Crippen LogP contribution is -2.37. The molecule has 1 aliphatic carbocycles. The Kier molecular flexibility index (Phi) is 2.75. The molecule has 3 heteroatoms. The molecular weight excluding hydrogens is 186 g/mol. The van der Waals surface area contributed by atoms with Crippen molar-refractivity contribution < 1.29 is 0 Å². The summed E-state index contributed by atoms with van der Waals surface area (Å²) in [6, 6.07) is 0.569. The van der Waals surface area contributed by atoms with Gasteiger partial charge in [-0.3, -0.25) is 5.01 Å². The van der Waals surface area contributed by atoms with Gasteiger partial charge >= 0.3 is 0 Å². The average Bonchev–Trinajstić information content (AvgIpc) is 2.42. The molecule has 0 aromatic carbocycles. The molecule has 1 heterocycles. The molecule has 86 valence electrons. The van der Waals surface area contributed by atoms with Crippen LogP contribution < -0.4 is 5.73 Å². The SMILES string of the molecule is CC1C2CCC(C)(C)CC2=NN1CCN. The zero-order valence-corrected chi connectivity index (χ0v) is 10.2. The molecule has 0 bridgehead atoms. The van der Waals surface area contributed by atoms with Gasteiger partial charge in [-0.2, -0.15) is 5.10 Å². The maximum absolute atomic E-state index is 5.60. The summed E-state index contributed by atoms with van der Waals surface area (Å²) in [5.74, 6) is 0.699. The summed E-state index contributed by atoms with van der Waals surface area (Å²) in [5.41, 5.74) is 7.48. The highest BCUT2D eigenvalue weighted by Crippen LogP contribution is 2.41. The predicted octanol–water partition coefficient (Wildman–Crippen LogP) is 1.83. The van der Waals surface area contributed by atoms with Crippen LogP contribution in [-0.2, 0) is 0 Å². The van der Waals surface area contributed by atoms with Gasteiger partial charge < -0.3 is 5.73 Å². The Balaban J connectivity index is 2.10. The average molecular weight is 209 g/mol. The summed E-state index contributed by atoms with van der Waals surface area (Å²) >= 11 is 0. The fourth-order valence-electron chi connectivity index (χ4n) is 2.90. The van der Waals surface area contributed by atoms with E-state index in [9.17, 15) is 0 Å². The topological polar surface area (TPSA) is 41.6 Å². The highest BCUT2D eigenvalue weighted by atomic mass is 15.5. The third kappa shape index (κ3) is 2.03. The van der Waals surface area contributed by atoms with Gasteiger partial charge in [-0.1, -0.05) is 13.8 Å². The van der Waals surface area contributed by atoms with Crippen LogP contribution in [0.3, 0.4) is 0 Å². The van der Waals surface area contributed by atoms with E-state index in [1.165, 1.54) is 25.0 Å². The molecule has 0 saturated heterocycles. The van der Waals surface area contributed by atoms with E-state index in [1.54, 1.807) is 0 Å². The molecule has 1 fully saturated rings. The van der Waals surface area contributed by atoms with Crippen LogP contribution in [0.25, 0.3) is 0 Å². The summed E-state index contributed by atoms with van der Waals surface area (Å²) < 4.78 is 0. The molecule has 0 spiro atoms. The molecule has 15 heavy (non-hydrogen) atoms. The van der Waals surface area contributed by atoms with E-state index in [-0.39, 0.29) is 0 Å². The molecule has 2 unspecified atom stereocenters. The Morgan fingerprint density at radius 2 is 2.27 bits per heavy atom. The molecule has 3 nitrogen and oxygen atoms in total. The molecule has 0 aromatic rings. The molecule has 0 radical (unpaired) electrons. The molecule has 0 aromatic heterocycles. The van der Waals surface area contributed by atoms with Crippen molar-refractivity contribution in [3.8, 4) is 0 Å². The van der Waals surface area contributed by atoms with Gasteiger partial charge in [0.1, 0.15) is 0 Å². The highest BCUT2D eigenvalue weighted by molar-refractivity contribution is 5.89. The number of nitrogens with zero attached hydrogens (tertiary/aromatic N) is 2. The molecular formula is C12H23N3. The second kappa shape index (κ2) is 3.78. The van der Waals surface area contributed by atoms with Crippen molar-refractivity contribution in [1.82, 2.24) is 5.01 Å². The first-order valence-electron chi connectivity index (χ1n) is 6.07. The van der Waals surface area contributed by atoms with Crippen molar-refractivity contribution in [2.45, 2.75) is 46.1 Å². The Hall–Kier alpha value is -0.570. The number of fused-ring (bicyclic) bond motifs is 1. The first kappa shape index (κ1) is 10.9. The summed E-state index contributed by atoms with van der Waals surface area (Å²) in [4.78, 5) is 0. The summed E-state index contributed by atoms with van der Waals surface area (Å²) in [7, 11) is 0. The number of nitrogens with two attached hydrogens (primary N) is 1. The first-order valence-corrected chi connectivity index (χ1v) is 6.07. The van der Waals surface area contributed by atoms with Crippen molar-refractivity contribution >= 4 is 5.71 Å². The van der Waals surface area contributed by atoms with Crippen LogP contribution >= 0.6 is 0 Å². The first-order chi connectivity index (χ1) is 7.03. The van der Waals surface area contributed by atoms with Gasteiger partial charge in [0.05, 0.1) is 6.04 Å². The predicted molar refractivity (Wildman–Crippen MR) is 63.8 cm³/mol. The van der Waals surface area contributed by atoms with Crippen molar-refractivity contribution in [3.05, 3.63) is 0 Å². The van der Waals surface area contributed by atoms with Gasteiger partial charge in [0.2, 0.25) is 0 Å². The zero-order chi connectivity index (χ0) is 11.1. The monoisotopic (exact) mass is 209 g/mol. The van der Waals surface area contributed by atoms with E-state index in [2.05, 4.69) is 25.8 Å². The van der Waals surface area contributed by atoms with Gasteiger partial charge in [-0.25, -0.2) is 0 Å². The molecule has 2 N–H and O–H groups in total. The van der Waals surface area contributed by atoms with E-state index in [0.717, 1.165) is 6.54 Å². The van der Waals surface area contributed by atoms with E-state index in [0.29, 0.717) is 23.9 Å². The van der Waals surface area contributed by atoms with E-state index < -0.39 is 0 Å². The highest BCUT2D eigenvalue weighted by Gasteiger charge is 2.40. The van der Waals surface area contributed by atoms with Gasteiger partial charge in [0.25, 0.3) is 0 Å². The summed E-state index contributed by atoms with van der Waals surface area (Å²) in [6.07, 6.45) is 3.80. The second-order valence-corrected chi connectivity index (χ2v) is 5.77. The third-order valence-electron chi connectivity index (χ3n) is 3.89. The fraction of sp³-hybridized carbons (Fsp3) is 0.917. The third-order valence-corrected chi connectivity index (χ3v) is 3.89. The number of hydrogen-bond acceptors (Lipinski definition) is 3. The number of rotatable bonds is 2. The Labute approximate surface area is 92.7 Å².